The summed E-state index contributed by atoms with van der Waals surface area (Å²) in [6.07, 6.45) is 10.5. The van der Waals surface area contributed by atoms with Crippen molar-refractivity contribution in [3.8, 4) is 11.3 Å². The molecule has 0 aromatic carbocycles. The summed E-state index contributed by atoms with van der Waals surface area (Å²) in [6.45, 7) is 0. The highest BCUT2D eigenvalue weighted by Crippen LogP contribution is 2.39. The van der Waals surface area contributed by atoms with Crippen LogP contribution in [-0.4, -0.2) is 19.7 Å². The number of rotatable bonds is 1. The number of aryl methyl sites for hydroxylation is 3. The van der Waals surface area contributed by atoms with Gasteiger partial charge in [0.25, 0.3) is 0 Å². The maximum atomic E-state index is 4.51. The van der Waals surface area contributed by atoms with E-state index in [1.807, 2.05) is 35.5 Å². The first-order valence-electron chi connectivity index (χ1n) is 6.57. The van der Waals surface area contributed by atoms with Crippen molar-refractivity contribution in [3.05, 3.63) is 29.2 Å². The molecule has 0 N–H and O–H groups in total. The van der Waals surface area contributed by atoms with Gasteiger partial charge in [-0.1, -0.05) is 0 Å². The average molecular weight is 270 g/mol. The number of nitrogens with zero attached hydrogens (tertiary/aromatic N) is 4. The van der Waals surface area contributed by atoms with Crippen LogP contribution in [0.25, 0.3) is 21.5 Å². The minimum atomic E-state index is 1.04. The molecule has 0 saturated carbocycles. The normalized spacial score (nSPS) is 14.8. The van der Waals surface area contributed by atoms with Gasteiger partial charge >= 0.3 is 0 Å². The Morgan fingerprint density at radius 1 is 1.21 bits per heavy atom. The third-order valence-electron chi connectivity index (χ3n) is 3.73. The Kier molecular flexibility index (Phi) is 2.41. The molecule has 0 radical (unpaired) electrons. The van der Waals surface area contributed by atoms with Gasteiger partial charge in [0, 0.05) is 29.1 Å². The van der Waals surface area contributed by atoms with Crippen molar-refractivity contribution in [2.24, 2.45) is 7.05 Å². The van der Waals surface area contributed by atoms with E-state index < -0.39 is 0 Å². The van der Waals surface area contributed by atoms with Crippen molar-refractivity contribution < 1.29 is 0 Å². The molecule has 0 unspecified atom stereocenters. The van der Waals surface area contributed by atoms with Gasteiger partial charge in [0.15, 0.2) is 0 Å². The van der Waals surface area contributed by atoms with E-state index in [-0.39, 0.29) is 0 Å². The zero-order chi connectivity index (χ0) is 12.8. The Morgan fingerprint density at radius 3 is 2.95 bits per heavy atom. The molecule has 3 aromatic heterocycles. The fourth-order valence-corrected chi connectivity index (χ4v) is 4.08. The molecule has 0 bridgehead atoms. The second kappa shape index (κ2) is 4.13. The van der Waals surface area contributed by atoms with E-state index in [0.717, 1.165) is 22.5 Å². The molecule has 4 nitrogen and oxygen atoms in total. The molecule has 3 heterocycles. The number of aromatic nitrogens is 4. The maximum absolute atomic E-state index is 4.51. The van der Waals surface area contributed by atoms with E-state index in [1.165, 1.54) is 35.1 Å². The van der Waals surface area contributed by atoms with E-state index in [9.17, 15) is 0 Å². The predicted octanol–water partition coefficient (Wildman–Crippen LogP) is 2.97. The lowest BCUT2D eigenvalue weighted by molar-refractivity contribution is 0.700. The quantitative estimate of drug-likeness (QED) is 0.683. The van der Waals surface area contributed by atoms with Crippen LogP contribution in [0.4, 0.5) is 0 Å². The van der Waals surface area contributed by atoms with Gasteiger partial charge in [0.1, 0.15) is 11.2 Å². The lowest BCUT2D eigenvalue weighted by atomic mass is 9.95. The highest BCUT2D eigenvalue weighted by atomic mass is 32.1. The Labute approximate surface area is 115 Å². The number of hydrogen-bond donors (Lipinski definition) is 0. The summed E-state index contributed by atoms with van der Waals surface area (Å²) in [6, 6.07) is 0. The second-order valence-corrected chi connectivity index (χ2v) is 6.10. The molecule has 0 fully saturated rings. The van der Waals surface area contributed by atoms with Crippen LogP contribution in [-0.2, 0) is 19.9 Å². The molecule has 0 atom stereocenters. The van der Waals surface area contributed by atoms with Crippen LogP contribution in [0.3, 0.4) is 0 Å². The van der Waals surface area contributed by atoms with Crippen molar-refractivity contribution in [3.63, 3.8) is 0 Å². The van der Waals surface area contributed by atoms with Gasteiger partial charge in [-0.2, -0.15) is 5.10 Å². The molecule has 0 amide bonds. The SMILES string of the molecule is Cn1cc(-c2ncnc3sc4c(c23)CCCC4)cn1. The smallest absolute Gasteiger partial charge is 0.127 e. The van der Waals surface area contributed by atoms with Crippen molar-refractivity contribution in [2.45, 2.75) is 25.7 Å². The summed E-state index contributed by atoms with van der Waals surface area (Å²) in [7, 11) is 1.94. The van der Waals surface area contributed by atoms with Crippen molar-refractivity contribution in [2.75, 3.05) is 0 Å². The molecular weight excluding hydrogens is 256 g/mol. The monoisotopic (exact) mass is 270 g/mol. The Morgan fingerprint density at radius 2 is 2.11 bits per heavy atom. The lowest BCUT2D eigenvalue weighted by Gasteiger charge is -2.11. The van der Waals surface area contributed by atoms with E-state index in [2.05, 4.69) is 15.1 Å². The summed E-state index contributed by atoms with van der Waals surface area (Å²) in [4.78, 5) is 11.6. The van der Waals surface area contributed by atoms with Crippen LogP contribution >= 0.6 is 11.3 Å². The van der Waals surface area contributed by atoms with Crippen LogP contribution in [0.5, 0.6) is 0 Å². The van der Waals surface area contributed by atoms with Gasteiger partial charge < -0.3 is 0 Å². The average Bonchev–Trinajstić information content (AvgIpc) is 3.01. The summed E-state index contributed by atoms with van der Waals surface area (Å²) in [5.41, 5.74) is 3.60. The molecule has 0 saturated heterocycles. The molecule has 19 heavy (non-hydrogen) atoms. The summed E-state index contributed by atoms with van der Waals surface area (Å²) in [5.74, 6) is 0. The van der Waals surface area contributed by atoms with Crippen LogP contribution in [0.1, 0.15) is 23.3 Å². The Bertz CT molecular complexity index is 756. The molecule has 96 valence electrons. The highest BCUT2D eigenvalue weighted by Gasteiger charge is 2.20. The highest BCUT2D eigenvalue weighted by molar-refractivity contribution is 7.18. The topological polar surface area (TPSA) is 43.6 Å². The largest absolute Gasteiger partial charge is 0.275 e. The summed E-state index contributed by atoms with van der Waals surface area (Å²) in [5, 5.41) is 5.52. The molecule has 5 heteroatoms. The first-order chi connectivity index (χ1) is 9.33. The van der Waals surface area contributed by atoms with E-state index in [0.29, 0.717) is 0 Å². The zero-order valence-electron chi connectivity index (χ0n) is 10.8. The van der Waals surface area contributed by atoms with Gasteiger partial charge in [0.05, 0.1) is 11.9 Å². The molecule has 1 aliphatic rings. The third-order valence-corrected chi connectivity index (χ3v) is 4.93. The fourth-order valence-electron chi connectivity index (χ4n) is 2.85. The van der Waals surface area contributed by atoms with Crippen molar-refractivity contribution in [1.29, 1.82) is 0 Å². The predicted molar refractivity (Wildman–Crippen MR) is 76.3 cm³/mol. The van der Waals surface area contributed by atoms with Crippen LogP contribution in [0, 0.1) is 0 Å². The van der Waals surface area contributed by atoms with Gasteiger partial charge in [-0.25, -0.2) is 9.97 Å². The van der Waals surface area contributed by atoms with E-state index in [4.69, 9.17) is 0 Å². The zero-order valence-corrected chi connectivity index (χ0v) is 11.6. The van der Waals surface area contributed by atoms with E-state index in [1.54, 1.807) is 6.33 Å². The van der Waals surface area contributed by atoms with Gasteiger partial charge in [-0.15, -0.1) is 11.3 Å². The van der Waals surface area contributed by atoms with Gasteiger partial charge in [0.2, 0.25) is 0 Å². The van der Waals surface area contributed by atoms with Crippen molar-refractivity contribution >= 4 is 21.6 Å². The van der Waals surface area contributed by atoms with Gasteiger partial charge in [-0.3, -0.25) is 4.68 Å². The van der Waals surface area contributed by atoms with Crippen LogP contribution < -0.4 is 0 Å². The maximum Gasteiger partial charge on any atom is 0.127 e. The number of fused-ring (bicyclic) bond motifs is 3. The minimum Gasteiger partial charge on any atom is -0.275 e. The minimum absolute atomic E-state index is 1.04. The molecule has 4 rings (SSSR count). The molecule has 1 aliphatic carbocycles. The Balaban J connectivity index is 2.02. The third kappa shape index (κ3) is 1.69. The molecular formula is C14H14N4S. The summed E-state index contributed by atoms with van der Waals surface area (Å²) >= 11 is 1.84. The fraction of sp³-hybridized carbons (Fsp3) is 0.357. The van der Waals surface area contributed by atoms with E-state index >= 15 is 0 Å². The number of hydrogen-bond acceptors (Lipinski definition) is 4. The standard InChI is InChI=1S/C14H14N4S/c1-18-7-9(6-17-18)13-12-10-4-2-3-5-11(10)19-14(12)16-8-15-13/h6-8H,2-5H2,1H3. The second-order valence-electron chi connectivity index (χ2n) is 5.02. The number of thiophene rings is 1. The Hall–Kier alpha value is -1.75. The van der Waals surface area contributed by atoms with Crippen LogP contribution in [0.15, 0.2) is 18.7 Å². The van der Waals surface area contributed by atoms with Gasteiger partial charge in [-0.05, 0) is 31.2 Å². The molecule has 0 aliphatic heterocycles. The lowest BCUT2D eigenvalue weighted by Crippen LogP contribution is -1.99. The first-order valence-corrected chi connectivity index (χ1v) is 7.39. The molecule has 3 aromatic rings. The summed E-state index contributed by atoms with van der Waals surface area (Å²) < 4.78 is 1.82. The van der Waals surface area contributed by atoms with Crippen LogP contribution in [0.2, 0.25) is 0 Å². The first kappa shape index (κ1) is 11.1. The van der Waals surface area contributed by atoms with Crippen molar-refractivity contribution in [1.82, 2.24) is 19.7 Å². The molecule has 0 spiro atoms.